The summed E-state index contributed by atoms with van der Waals surface area (Å²) in [7, 11) is 1.31. The van der Waals surface area contributed by atoms with Gasteiger partial charge in [0.15, 0.2) is 0 Å². The van der Waals surface area contributed by atoms with E-state index in [2.05, 4.69) is 4.74 Å². The molecule has 1 aromatic heterocycles. The van der Waals surface area contributed by atoms with Gasteiger partial charge in [0.25, 0.3) is 0 Å². The maximum absolute atomic E-state index is 10.9. The number of esters is 1. The molecule has 0 saturated heterocycles. The van der Waals surface area contributed by atoms with Crippen molar-refractivity contribution < 1.29 is 9.53 Å². The molecule has 0 aliphatic carbocycles. The summed E-state index contributed by atoms with van der Waals surface area (Å²) in [5.41, 5.74) is 5.41. The normalized spacial score (nSPS) is 9.64. The van der Waals surface area contributed by atoms with Gasteiger partial charge in [0.1, 0.15) is 9.88 Å². The molecule has 1 aromatic rings. The highest BCUT2D eigenvalue weighted by Gasteiger charge is 2.11. The summed E-state index contributed by atoms with van der Waals surface area (Å²) < 4.78 is 4.46. The fourth-order valence-electron chi connectivity index (χ4n) is 0.584. The molecular formula is C6H6ClNO2S. The molecule has 0 aromatic carbocycles. The van der Waals surface area contributed by atoms with Crippen LogP contribution in [0.2, 0.25) is 5.02 Å². The highest BCUT2D eigenvalue weighted by atomic mass is 35.5. The Morgan fingerprint density at radius 1 is 1.82 bits per heavy atom. The Kier molecular flexibility index (Phi) is 2.36. The third kappa shape index (κ3) is 1.64. The molecule has 2 N–H and O–H groups in total. The van der Waals surface area contributed by atoms with Crippen LogP contribution < -0.4 is 5.73 Å². The van der Waals surface area contributed by atoms with Crippen LogP contribution in [-0.4, -0.2) is 13.1 Å². The average molecular weight is 192 g/mol. The van der Waals surface area contributed by atoms with Gasteiger partial charge in [-0.2, -0.15) is 0 Å². The van der Waals surface area contributed by atoms with Crippen molar-refractivity contribution in [1.29, 1.82) is 0 Å². The third-order valence-electron chi connectivity index (χ3n) is 1.10. The van der Waals surface area contributed by atoms with Gasteiger partial charge in [-0.3, -0.25) is 0 Å². The Morgan fingerprint density at radius 3 is 2.82 bits per heavy atom. The smallest absolute Gasteiger partial charge is 0.348 e. The number of carbonyl (C=O) groups excluding carboxylic acids is 1. The van der Waals surface area contributed by atoms with Crippen molar-refractivity contribution in [2.45, 2.75) is 0 Å². The lowest BCUT2D eigenvalue weighted by molar-refractivity contribution is 0.0606. The second-order valence-corrected chi connectivity index (χ2v) is 3.31. The Hall–Kier alpha value is -0.740. The molecular weight excluding hydrogens is 186 g/mol. The standard InChI is InChI=1S/C6H6ClNO2S/c1-10-6(9)4-2-3(7)5(8)11-4/h2H,8H2,1H3. The molecule has 11 heavy (non-hydrogen) atoms. The molecule has 0 saturated carbocycles. The van der Waals surface area contributed by atoms with E-state index in [1.54, 1.807) is 0 Å². The summed E-state index contributed by atoms with van der Waals surface area (Å²) in [6.07, 6.45) is 0. The van der Waals surface area contributed by atoms with Gasteiger partial charge in [-0.25, -0.2) is 4.79 Å². The summed E-state index contributed by atoms with van der Waals surface area (Å²) in [5, 5.41) is 0.836. The first-order valence-electron chi connectivity index (χ1n) is 2.78. The molecule has 1 heterocycles. The molecule has 5 heteroatoms. The van der Waals surface area contributed by atoms with Crippen LogP contribution in [0.3, 0.4) is 0 Å². The molecule has 0 radical (unpaired) electrons. The van der Waals surface area contributed by atoms with Crippen LogP contribution in [0.1, 0.15) is 9.67 Å². The Labute approximate surface area is 72.7 Å². The Bertz CT molecular complexity index is 265. The van der Waals surface area contributed by atoms with E-state index in [-0.39, 0.29) is 0 Å². The van der Waals surface area contributed by atoms with Crippen LogP contribution in [0, 0.1) is 0 Å². The van der Waals surface area contributed by atoms with E-state index in [1.807, 2.05) is 0 Å². The Morgan fingerprint density at radius 2 is 2.45 bits per heavy atom. The monoisotopic (exact) mass is 191 g/mol. The zero-order valence-corrected chi connectivity index (χ0v) is 7.33. The number of halogens is 1. The van der Waals surface area contributed by atoms with Crippen LogP contribution in [0.4, 0.5) is 5.00 Å². The van der Waals surface area contributed by atoms with Gasteiger partial charge < -0.3 is 10.5 Å². The molecule has 0 spiro atoms. The van der Waals surface area contributed by atoms with E-state index < -0.39 is 5.97 Å². The highest BCUT2D eigenvalue weighted by molar-refractivity contribution is 7.18. The fourth-order valence-corrected chi connectivity index (χ4v) is 1.61. The van der Waals surface area contributed by atoms with Gasteiger partial charge in [0, 0.05) is 0 Å². The third-order valence-corrected chi connectivity index (χ3v) is 2.47. The molecule has 1 rings (SSSR count). The Balaban J connectivity index is 2.97. The number of ether oxygens (including phenoxy) is 1. The number of thiophene rings is 1. The quantitative estimate of drug-likeness (QED) is 0.689. The predicted molar refractivity (Wildman–Crippen MR) is 45.1 cm³/mol. The molecule has 0 aliphatic heterocycles. The molecule has 0 bridgehead atoms. The van der Waals surface area contributed by atoms with Crippen molar-refractivity contribution >= 4 is 33.9 Å². The molecule has 0 fully saturated rings. The van der Waals surface area contributed by atoms with E-state index in [0.29, 0.717) is 14.9 Å². The molecule has 0 amide bonds. The van der Waals surface area contributed by atoms with E-state index in [0.717, 1.165) is 11.3 Å². The van der Waals surface area contributed by atoms with Gasteiger partial charge >= 0.3 is 5.97 Å². The average Bonchev–Trinajstić information content (AvgIpc) is 2.31. The molecule has 60 valence electrons. The summed E-state index contributed by atoms with van der Waals surface area (Å²) in [6.45, 7) is 0. The number of nitrogen functional groups attached to an aromatic ring is 1. The number of rotatable bonds is 1. The van der Waals surface area contributed by atoms with E-state index in [1.165, 1.54) is 13.2 Å². The van der Waals surface area contributed by atoms with Crippen LogP contribution in [0.25, 0.3) is 0 Å². The first-order valence-corrected chi connectivity index (χ1v) is 3.97. The van der Waals surface area contributed by atoms with Crippen molar-refractivity contribution in [3.05, 3.63) is 16.0 Å². The topological polar surface area (TPSA) is 52.3 Å². The lowest BCUT2D eigenvalue weighted by atomic mass is 10.5. The highest BCUT2D eigenvalue weighted by Crippen LogP contribution is 2.29. The molecule has 0 atom stereocenters. The number of anilines is 1. The fraction of sp³-hybridized carbons (Fsp3) is 0.167. The van der Waals surface area contributed by atoms with Gasteiger partial charge in [-0.15, -0.1) is 11.3 Å². The summed E-state index contributed by atoms with van der Waals surface area (Å²) >= 11 is 6.73. The van der Waals surface area contributed by atoms with E-state index in [9.17, 15) is 4.79 Å². The molecule has 3 nitrogen and oxygen atoms in total. The minimum atomic E-state index is -0.409. The summed E-state index contributed by atoms with van der Waals surface area (Å²) in [5.74, 6) is -0.409. The van der Waals surface area contributed by atoms with Crippen molar-refractivity contribution in [2.24, 2.45) is 0 Å². The number of hydrogen-bond acceptors (Lipinski definition) is 4. The maximum Gasteiger partial charge on any atom is 0.348 e. The van der Waals surface area contributed by atoms with Gasteiger partial charge in [-0.05, 0) is 6.07 Å². The van der Waals surface area contributed by atoms with Crippen molar-refractivity contribution in [1.82, 2.24) is 0 Å². The zero-order chi connectivity index (χ0) is 8.43. The van der Waals surface area contributed by atoms with Gasteiger partial charge in [0.2, 0.25) is 0 Å². The van der Waals surface area contributed by atoms with Crippen LogP contribution in [0.5, 0.6) is 0 Å². The maximum atomic E-state index is 10.9. The van der Waals surface area contributed by atoms with E-state index >= 15 is 0 Å². The molecule has 0 unspecified atom stereocenters. The summed E-state index contributed by atoms with van der Waals surface area (Å²) in [4.78, 5) is 11.3. The second kappa shape index (κ2) is 3.11. The van der Waals surface area contributed by atoms with Crippen molar-refractivity contribution in [2.75, 3.05) is 12.8 Å². The number of methoxy groups -OCH3 is 1. The van der Waals surface area contributed by atoms with Crippen molar-refractivity contribution in [3.63, 3.8) is 0 Å². The van der Waals surface area contributed by atoms with Crippen molar-refractivity contribution in [3.8, 4) is 0 Å². The zero-order valence-electron chi connectivity index (χ0n) is 5.76. The van der Waals surface area contributed by atoms with E-state index in [4.69, 9.17) is 17.3 Å². The van der Waals surface area contributed by atoms with Crippen LogP contribution >= 0.6 is 22.9 Å². The number of carbonyl (C=O) groups is 1. The largest absolute Gasteiger partial charge is 0.465 e. The van der Waals surface area contributed by atoms with Crippen LogP contribution in [-0.2, 0) is 4.74 Å². The van der Waals surface area contributed by atoms with Gasteiger partial charge in [-0.1, -0.05) is 11.6 Å². The number of hydrogen-bond donors (Lipinski definition) is 1. The first kappa shape index (κ1) is 8.36. The molecule has 0 aliphatic rings. The predicted octanol–water partition coefficient (Wildman–Crippen LogP) is 1.77. The number of nitrogens with two attached hydrogens (primary N) is 1. The van der Waals surface area contributed by atoms with Gasteiger partial charge in [0.05, 0.1) is 12.1 Å². The lowest BCUT2D eigenvalue weighted by Crippen LogP contribution is -1.96. The minimum Gasteiger partial charge on any atom is -0.465 e. The van der Waals surface area contributed by atoms with Crippen LogP contribution in [0.15, 0.2) is 6.07 Å². The summed E-state index contributed by atoms with van der Waals surface area (Å²) in [6, 6.07) is 1.49. The second-order valence-electron chi connectivity index (χ2n) is 1.81. The minimum absolute atomic E-state index is 0.399. The lowest BCUT2D eigenvalue weighted by Gasteiger charge is -1.90. The SMILES string of the molecule is COC(=O)c1cc(Cl)c(N)s1. The first-order chi connectivity index (χ1) is 5.15.